The minimum absolute atomic E-state index is 0.752. The number of halogens is 1. The van der Waals surface area contributed by atoms with Gasteiger partial charge < -0.3 is 4.52 Å². The maximum Gasteiger partial charge on any atom is 0.182 e. The first kappa shape index (κ1) is 18.1. The van der Waals surface area contributed by atoms with Crippen LogP contribution in [0.5, 0.6) is 0 Å². The van der Waals surface area contributed by atoms with Gasteiger partial charge in [0.2, 0.25) is 0 Å². The van der Waals surface area contributed by atoms with Gasteiger partial charge in [0.15, 0.2) is 11.0 Å². The van der Waals surface area contributed by atoms with Crippen molar-refractivity contribution in [2.45, 2.75) is 20.8 Å². The van der Waals surface area contributed by atoms with Crippen molar-refractivity contribution in [3.63, 3.8) is 0 Å². The molecule has 0 aliphatic carbocycles. The highest BCUT2D eigenvalue weighted by atomic mass is 79.9. The number of aliphatic imine (C=N–C) groups is 1. The third kappa shape index (κ3) is 3.72. The third-order valence-electron chi connectivity index (χ3n) is 4.26. The van der Waals surface area contributed by atoms with Crippen molar-refractivity contribution in [1.82, 2.24) is 15.1 Å². The van der Waals surface area contributed by atoms with E-state index in [9.17, 15) is 0 Å². The molecule has 0 amide bonds. The second-order valence-corrected chi connectivity index (χ2v) is 8.15. The highest BCUT2D eigenvalue weighted by Crippen LogP contribution is 2.25. The van der Waals surface area contributed by atoms with Crippen LogP contribution in [0, 0.1) is 20.8 Å². The van der Waals surface area contributed by atoms with E-state index in [1.54, 1.807) is 11.8 Å². The van der Waals surface area contributed by atoms with Crippen molar-refractivity contribution >= 4 is 44.3 Å². The summed E-state index contributed by atoms with van der Waals surface area (Å²) in [5.74, 6) is 2.34. The molecule has 0 saturated heterocycles. The second-order valence-electron chi connectivity index (χ2n) is 6.27. The molecule has 3 aromatic rings. The van der Waals surface area contributed by atoms with Gasteiger partial charge in [0.25, 0.3) is 0 Å². The average Bonchev–Trinajstić information content (AvgIpc) is 3.18. The van der Waals surface area contributed by atoms with Gasteiger partial charge in [-0.25, -0.2) is 4.99 Å². The van der Waals surface area contributed by atoms with E-state index in [1.165, 1.54) is 0 Å². The largest absolute Gasteiger partial charge is 0.360 e. The summed E-state index contributed by atoms with van der Waals surface area (Å²) >= 11 is 5.11. The molecule has 3 heterocycles. The van der Waals surface area contributed by atoms with Gasteiger partial charge in [0.1, 0.15) is 5.76 Å². The standard InChI is InChI=1S/C19H18BrN5OS/c1-11-7-16(13(3)25(11)18-8-12(2)26-24-18)17-10-27-19(23-22-17)21-15-6-4-5-14(20)9-15/h4-9H,10H2,1-3H3,(H,21,23). The quantitative estimate of drug-likeness (QED) is 0.625. The number of amidine groups is 1. The van der Waals surface area contributed by atoms with E-state index in [0.717, 1.165) is 55.3 Å². The molecule has 138 valence electrons. The van der Waals surface area contributed by atoms with Crippen LogP contribution in [0.3, 0.4) is 0 Å². The number of hydrogen-bond acceptors (Lipinski definition) is 5. The fraction of sp³-hybridized carbons (Fsp3) is 0.211. The van der Waals surface area contributed by atoms with Gasteiger partial charge in [-0.3, -0.25) is 9.99 Å². The van der Waals surface area contributed by atoms with Crippen molar-refractivity contribution in [1.29, 1.82) is 0 Å². The lowest BCUT2D eigenvalue weighted by Crippen LogP contribution is -2.25. The molecule has 2 aromatic heterocycles. The van der Waals surface area contributed by atoms with Crippen molar-refractivity contribution in [2.75, 3.05) is 5.75 Å². The number of hydrazone groups is 1. The highest BCUT2D eigenvalue weighted by molar-refractivity contribution is 9.10. The van der Waals surface area contributed by atoms with Gasteiger partial charge in [0, 0.05) is 33.2 Å². The van der Waals surface area contributed by atoms with Crippen LogP contribution in [0.1, 0.15) is 22.7 Å². The van der Waals surface area contributed by atoms with Gasteiger partial charge >= 0.3 is 0 Å². The summed E-state index contributed by atoms with van der Waals surface area (Å²) in [5.41, 5.74) is 8.25. The fourth-order valence-electron chi connectivity index (χ4n) is 3.04. The Bertz CT molecular complexity index is 1070. The molecule has 1 aromatic carbocycles. The zero-order chi connectivity index (χ0) is 19.0. The van der Waals surface area contributed by atoms with E-state index in [1.807, 2.05) is 37.3 Å². The minimum Gasteiger partial charge on any atom is -0.360 e. The number of benzene rings is 1. The van der Waals surface area contributed by atoms with Crippen LogP contribution in [0.25, 0.3) is 5.82 Å². The number of nitrogens with one attached hydrogen (secondary N) is 1. The van der Waals surface area contributed by atoms with E-state index in [0.29, 0.717) is 0 Å². The first-order valence-electron chi connectivity index (χ1n) is 8.44. The smallest absolute Gasteiger partial charge is 0.182 e. The molecule has 1 N–H and O–H groups in total. The number of aryl methyl sites for hydroxylation is 2. The third-order valence-corrected chi connectivity index (χ3v) is 5.62. The van der Waals surface area contributed by atoms with Crippen LogP contribution in [0.15, 0.2) is 55.5 Å². The van der Waals surface area contributed by atoms with Crippen molar-refractivity contribution < 1.29 is 4.52 Å². The number of aromatic nitrogens is 2. The summed E-state index contributed by atoms with van der Waals surface area (Å²) in [7, 11) is 0. The molecule has 27 heavy (non-hydrogen) atoms. The second kappa shape index (κ2) is 7.36. The molecule has 0 spiro atoms. The Morgan fingerprint density at radius 2 is 2.07 bits per heavy atom. The first-order valence-corrected chi connectivity index (χ1v) is 10.2. The first-order chi connectivity index (χ1) is 13.0. The van der Waals surface area contributed by atoms with Gasteiger partial charge in [-0.05, 0) is 45.0 Å². The SMILES string of the molecule is Cc1cc(-n2c(C)cc(C3=NNC(=Nc4cccc(Br)c4)SC3)c2C)no1. The Morgan fingerprint density at radius 1 is 1.22 bits per heavy atom. The van der Waals surface area contributed by atoms with Crippen LogP contribution in [0.4, 0.5) is 5.69 Å². The lowest BCUT2D eigenvalue weighted by Gasteiger charge is -2.15. The van der Waals surface area contributed by atoms with Gasteiger partial charge in [-0.1, -0.05) is 38.9 Å². The lowest BCUT2D eigenvalue weighted by atomic mass is 10.1. The number of thioether (sulfide) groups is 1. The highest BCUT2D eigenvalue weighted by Gasteiger charge is 2.20. The average molecular weight is 444 g/mol. The number of nitrogens with zero attached hydrogens (tertiary/aromatic N) is 4. The monoisotopic (exact) mass is 443 g/mol. The predicted molar refractivity (Wildman–Crippen MR) is 113 cm³/mol. The van der Waals surface area contributed by atoms with E-state index in [-0.39, 0.29) is 0 Å². The minimum atomic E-state index is 0.752. The molecule has 0 bridgehead atoms. The molecule has 4 rings (SSSR count). The molecule has 8 heteroatoms. The summed E-state index contributed by atoms with van der Waals surface area (Å²) in [6, 6.07) is 12.0. The molecule has 0 fully saturated rings. The Kier molecular flexibility index (Phi) is 4.92. The molecule has 0 saturated carbocycles. The predicted octanol–water partition coefficient (Wildman–Crippen LogP) is 4.88. The Balaban J connectivity index is 1.60. The van der Waals surface area contributed by atoms with E-state index in [4.69, 9.17) is 4.52 Å². The van der Waals surface area contributed by atoms with E-state index in [2.05, 4.69) is 61.1 Å². The van der Waals surface area contributed by atoms with Gasteiger partial charge in [-0.2, -0.15) is 5.10 Å². The molecule has 0 atom stereocenters. The summed E-state index contributed by atoms with van der Waals surface area (Å²) in [4.78, 5) is 4.61. The molecule has 1 aliphatic rings. The Hall–Kier alpha value is -2.32. The fourth-order valence-corrected chi connectivity index (χ4v) is 4.20. The summed E-state index contributed by atoms with van der Waals surface area (Å²) in [5, 5.41) is 9.49. The maximum atomic E-state index is 5.23. The number of rotatable bonds is 3. The van der Waals surface area contributed by atoms with Crippen LogP contribution in [0.2, 0.25) is 0 Å². The molecule has 6 nitrogen and oxygen atoms in total. The van der Waals surface area contributed by atoms with Crippen LogP contribution < -0.4 is 5.43 Å². The van der Waals surface area contributed by atoms with Gasteiger partial charge in [-0.15, -0.1) is 0 Å². The van der Waals surface area contributed by atoms with Crippen molar-refractivity contribution in [2.24, 2.45) is 10.1 Å². The van der Waals surface area contributed by atoms with Crippen molar-refractivity contribution in [3.05, 3.63) is 63.6 Å². The molecule has 1 aliphatic heterocycles. The van der Waals surface area contributed by atoms with Crippen LogP contribution >= 0.6 is 27.7 Å². The van der Waals surface area contributed by atoms with Crippen LogP contribution in [-0.4, -0.2) is 26.4 Å². The van der Waals surface area contributed by atoms with Crippen molar-refractivity contribution in [3.8, 4) is 5.82 Å². The zero-order valence-electron chi connectivity index (χ0n) is 15.2. The molecule has 0 radical (unpaired) electrons. The van der Waals surface area contributed by atoms with Crippen LogP contribution in [-0.2, 0) is 0 Å². The summed E-state index contributed by atoms with van der Waals surface area (Å²) < 4.78 is 8.32. The molecular weight excluding hydrogens is 426 g/mol. The normalized spacial score (nSPS) is 15.7. The zero-order valence-corrected chi connectivity index (χ0v) is 17.6. The molecule has 0 unspecified atom stereocenters. The number of hydrogen-bond donors (Lipinski definition) is 1. The maximum absolute atomic E-state index is 5.23. The Morgan fingerprint density at radius 3 is 2.74 bits per heavy atom. The summed E-state index contributed by atoms with van der Waals surface area (Å²) in [6.45, 7) is 6.03. The summed E-state index contributed by atoms with van der Waals surface area (Å²) in [6.07, 6.45) is 0. The lowest BCUT2D eigenvalue weighted by molar-refractivity contribution is 0.394. The van der Waals surface area contributed by atoms with E-state index < -0.39 is 0 Å². The van der Waals surface area contributed by atoms with E-state index >= 15 is 0 Å². The molecular formula is C19H18BrN5OS. The van der Waals surface area contributed by atoms with Gasteiger partial charge in [0.05, 0.1) is 11.4 Å². The Labute approximate surface area is 169 Å². The topological polar surface area (TPSA) is 67.7 Å².